The van der Waals surface area contributed by atoms with Crippen LogP contribution in [0, 0.1) is 6.92 Å². The van der Waals surface area contributed by atoms with Crippen molar-refractivity contribution < 1.29 is 18.7 Å². The van der Waals surface area contributed by atoms with Crippen molar-refractivity contribution in [2.24, 2.45) is 4.99 Å². The Balaban J connectivity index is 1.64. The summed E-state index contributed by atoms with van der Waals surface area (Å²) in [7, 11) is 1.50. The van der Waals surface area contributed by atoms with Crippen molar-refractivity contribution in [1.82, 2.24) is 14.5 Å². The number of ether oxygens (including phenoxy) is 2. The van der Waals surface area contributed by atoms with Crippen LogP contribution in [0.4, 0.5) is 0 Å². The molecule has 0 bridgehead atoms. The van der Waals surface area contributed by atoms with Crippen molar-refractivity contribution in [3.8, 4) is 5.75 Å². The second-order valence-electron chi connectivity index (χ2n) is 8.77. The average Bonchev–Trinajstić information content (AvgIpc) is 3.40. The first kappa shape index (κ1) is 29.1. The summed E-state index contributed by atoms with van der Waals surface area (Å²) >= 11 is 12.1. The van der Waals surface area contributed by atoms with E-state index in [9.17, 15) is 14.4 Å². The van der Waals surface area contributed by atoms with Gasteiger partial charge in [0.15, 0.2) is 15.1 Å². The fraction of sp³-hybridized carbons (Fsp3) is 0.222. The Kier molecular flexibility index (Phi) is 8.41. The van der Waals surface area contributed by atoms with Gasteiger partial charge in [0, 0.05) is 28.4 Å². The van der Waals surface area contributed by atoms with Crippen LogP contribution >= 0.6 is 50.6 Å². The number of nitrogens with zero attached hydrogens (tertiary/aromatic N) is 3. The van der Waals surface area contributed by atoms with Gasteiger partial charge in [0.2, 0.25) is 0 Å². The number of thiazole rings is 1. The molecule has 0 saturated carbocycles. The van der Waals surface area contributed by atoms with Gasteiger partial charge in [0.25, 0.3) is 11.1 Å². The maximum Gasteiger partial charge on any atom is 0.338 e. The van der Waals surface area contributed by atoms with E-state index >= 15 is 0 Å². The number of nitrogens with one attached hydrogen (secondary N) is 1. The van der Waals surface area contributed by atoms with Gasteiger partial charge in [-0.2, -0.15) is 0 Å². The summed E-state index contributed by atoms with van der Waals surface area (Å²) in [6, 6.07) is 7.23. The number of benzene rings is 1. The maximum absolute atomic E-state index is 13.9. The molecule has 14 heteroatoms. The minimum absolute atomic E-state index is 0.152. The van der Waals surface area contributed by atoms with E-state index in [1.807, 2.05) is 0 Å². The van der Waals surface area contributed by atoms with Crippen LogP contribution in [0.2, 0.25) is 5.02 Å². The number of carbonyl (C=O) groups is 1. The number of methoxy groups -OCH3 is 1. The summed E-state index contributed by atoms with van der Waals surface area (Å²) < 4.78 is 19.3. The Morgan fingerprint density at radius 2 is 2.07 bits per heavy atom. The van der Waals surface area contributed by atoms with E-state index < -0.39 is 12.0 Å². The lowest BCUT2D eigenvalue weighted by Crippen LogP contribution is -2.40. The molecule has 0 aliphatic carbocycles. The zero-order chi connectivity index (χ0) is 29.4. The van der Waals surface area contributed by atoms with Gasteiger partial charge in [-0.15, -0.1) is 0 Å². The third-order valence-corrected chi connectivity index (χ3v) is 8.93. The molecule has 3 aromatic heterocycles. The largest absolute Gasteiger partial charge is 0.496 e. The molecule has 0 fully saturated rings. The first-order valence-corrected chi connectivity index (χ1v) is 15.0. The fourth-order valence-corrected chi connectivity index (χ4v) is 6.90. The molecular weight excluding hydrogens is 656 g/mol. The number of aromatic amines is 1. The highest BCUT2D eigenvalue weighted by Gasteiger charge is 2.35. The Bertz CT molecular complexity index is 1960. The van der Waals surface area contributed by atoms with E-state index in [4.69, 9.17) is 25.5 Å². The number of esters is 1. The van der Waals surface area contributed by atoms with Gasteiger partial charge in [-0.25, -0.2) is 14.8 Å². The summed E-state index contributed by atoms with van der Waals surface area (Å²) in [4.78, 5) is 50.8. The van der Waals surface area contributed by atoms with Crippen molar-refractivity contribution in [3.05, 3.63) is 98.2 Å². The Morgan fingerprint density at radius 3 is 2.78 bits per heavy atom. The fourth-order valence-electron chi connectivity index (χ4n) is 4.33. The number of furan rings is 1. The highest BCUT2D eigenvalue weighted by Crippen LogP contribution is 2.37. The lowest BCUT2D eigenvalue weighted by atomic mass is 9.95. The minimum Gasteiger partial charge on any atom is -0.496 e. The zero-order valence-electron chi connectivity index (χ0n) is 22.1. The highest BCUT2D eigenvalue weighted by molar-refractivity contribution is 9.10. The number of carbonyl (C=O) groups excluding carboxylic acids is 1. The number of H-pyrrole nitrogens is 1. The van der Waals surface area contributed by atoms with Crippen molar-refractivity contribution in [1.29, 1.82) is 0 Å². The average molecular weight is 678 g/mol. The molecule has 0 amide bonds. The monoisotopic (exact) mass is 676 g/mol. The SMILES string of the molecule is CCOC(=O)C1=C(C)N=c2s/c(=C\c3cc(Br)c(Sc4nc(C)cc(=O)[nH]4)o3)c(=O)n2[C@@H]1c1cc(Cl)ccc1OC. The molecule has 212 valence electrons. The van der Waals surface area contributed by atoms with Crippen LogP contribution in [0.5, 0.6) is 5.75 Å². The number of rotatable bonds is 7. The third kappa shape index (κ3) is 5.85. The molecule has 1 aliphatic heterocycles. The van der Waals surface area contributed by atoms with Crippen molar-refractivity contribution in [3.63, 3.8) is 0 Å². The van der Waals surface area contributed by atoms with Crippen molar-refractivity contribution in [2.75, 3.05) is 13.7 Å². The normalized spacial score (nSPS) is 15.1. The quantitative estimate of drug-likeness (QED) is 0.226. The smallest absolute Gasteiger partial charge is 0.338 e. The van der Waals surface area contributed by atoms with Crippen LogP contribution in [0.3, 0.4) is 0 Å². The number of fused-ring (bicyclic) bond motifs is 1. The van der Waals surface area contributed by atoms with E-state index in [-0.39, 0.29) is 23.3 Å². The first-order valence-electron chi connectivity index (χ1n) is 12.2. The van der Waals surface area contributed by atoms with E-state index in [0.717, 1.165) is 23.1 Å². The predicted octanol–water partition coefficient (Wildman–Crippen LogP) is 4.36. The molecule has 10 nitrogen and oxygen atoms in total. The Morgan fingerprint density at radius 1 is 1.29 bits per heavy atom. The Labute approximate surface area is 254 Å². The van der Waals surface area contributed by atoms with Crippen molar-refractivity contribution in [2.45, 2.75) is 37.1 Å². The molecule has 1 N–H and O–H groups in total. The molecule has 1 atom stereocenters. The second kappa shape index (κ2) is 11.8. The number of halogens is 2. The summed E-state index contributed by atoms with van der Waals surface area (Å²) in [6.07, 6.45) is 1.60. The summed E-state index contributed by atoms with van der Waals surface area (Å²) in [5, 5.41) is 1.23. The topological polar surface area (TPSA) is 129 Å². The lowest BCUT2D eigenvalue weighted by molar-refractivity contribution is -0.139. The molecule has 1 aliphatic rings. The molecule has 4 aromatic rings. The van der Waals surface area contributed by atoms with Gasteiger partial charge >= 0.3 is 5.97 Å². The van der Waals surface area contributed by atoms with E-state index in [0.29, 0.717) is 57.5 Å². The molecule has 41 heavy (non-hydrogen) atoms. The molecule has 0 spiro atoms. The number of hydrogen-bond donors (Lipinski definition) is 1. The van der Waals surface area contributed by atoms with E-state index in [2.05, 4.69) is 30.9 Å². The highest BCUT2D eigenvalue weighted by atomic mass is 79.9. The molecule has 0 saturated heterocycles. The molecule has 1 aromatic carbocycles. The molecule has 0 radical (unpaired) electrons. The van der Waals surface area contributed by atoms with Crippen LogP contribution in [-0.4, -0.2) is 34.2 Å². The first-order chi connectivity index (χ1) is 19.6. The third-order valence-electron chi connectivity index (χ3n) is 5.99. The molecule has 4 heterocycles. The van der Waals surface area contributed by atoms with Gasteiger partial charge in [0.05, 0.1) is 34.0 Å². The van der Waals surface area contributed by atoms with Crippen LogP contribution < -0.4 is 25.2 Å². The van der Waals surface area contributed by atoms with Gasteiger partial charge in [0.1, 0.15) is 17.6 Å². The van der Waals surface area contributed by atoms with Crippen molar-refractivity contribution >= 4 is 62.7 Å². The van der Waals surface area contributed by atoms with E-state index in [1.54, 1.807) is 51.1 Å². The summed E-state index contributed by atoms with van der Waals surface area (Å²) in [5.41, 5.74) is 1.06. The number of allylic oxidation sites excluding steroid dienone is 1. The standard InChI is InChI=1S/C27H22BrClN4O6S2/c1-5-38-24(36)21-13(3)31-27-33(22(21)16-9-14(29)6-7-18(16)37-4)23(35)19(40-27)11-15-10-17(28)25(39-15)41-26-30-12(2)8-20(34)32-26/h6-11,22H,5H2,1-4H3,(H,30,32,34)/b19-11-/t22-/m1/s1. The number of aromatic nitrogens is 3. The van der Waals surface area contributed by atoms with E-state index in [1.165, 1.54) is 17.7 Å². The molecule has 0 unspecified atom stereocenters. The van der Waals surface area contributed by atoms with Crippen LogP contribution in [-0.2, 0) is 9.53 Å². The van der Waals surface area contributed by atoms with Crippen LogP contribution in [0.1, 0.15) is 36.9 Å². The predicted molar refractivity (Wildman–Crippen MR) is 159 cm³/mol. The number of hydrogen-bond acceptors (Lipinski definition) is 10. The van der Waals surface area contributed by atoms with Gasteiger partial charge in [-0.1, -0.05) is 22.9 Å². The lowest BCUT2D eigenvalue weighted by Gasteiger charge is -2.26. The number of aryl methyl sites for hydroxylation is 1. The van der Waals surface area contributed by atoms with Crippen LogP contribution in [0.25, 0.3) is 6.08 Å². The van der Waals surface area contributed by atoms with Gasteiger partial charge in [-0.05, 0) is 72.7 Å². The Hall–Kier alpha value is -3.39. The molecule has 5 rings (SSSR count). The zero-order valence-corrected chi connectivity index (χ0v) is 26.1. The summed E-state index contributed by atoms with van der Waals surface area (Å²) in [5.74, 6) is 0.247. The summed E-state index contributed by atoms with van der Waals surface area (Å²) in [6.45, 7) is 5.28. The van der Waals surface area contributed by atoms with Gasteiger partial charge in [-0.3, -0.25) is 14.2 Å². The second-order valence-corrected chi connectivity index (χ2v) is 12.0. The maximum atomic E-state index is 13.9. The minimum atomic E-state index is -0.889. The van der Waals surface area contributed by atoms with Crippen LogP contribution in [0.15, 0.2) is 75.3 Å². The molecular formula is C27H22BrClN4O6S2. The van der Waals surface area contributed by atoms with Gasteiger partial charge < -0.3 is 18.9 Å².